The van der Waals surface area contributed by atoms with E-state index in [1.54, 1.807) is 17.0 Å². The summed E-state index contributed by atoms with van der Waals surface area (Å²) in [5.41, 5.74) is 6.38. The average Bonchev–Trinajstić information content (AvgIpc) is 2.61. The highest BCUT2D eigenvalue weighted by molar-refractivity contribution is 6.17. The van der Waals surface area contributed by atoms with Crippen molar-refractivity contribution < 1.29 is 13.9 Å². The third kappa shape index (κ3) is 4.96. The summed E-state index contributed by atoms with van der Waals surface area (Å²) in [6.45, 7) is 1.43. The number of fused-ring (bicyclic) bond motifs is 1. The van der Waals surface area contributed by atoms with E-state index < -0.39 is 5.66 Å². The topological polar surface area (TPSA) is 80.0 Å². The highest BCUT2D eigenvalue weighted by atomic mass is 35.5. The van der Waals surface area contributed by atoms with Crippen LogP contribution in [0.2, 0.25) is 0 Å². The SMILES string of the molecule is Cl.NC1=NC2(CCN(C(=O)OCCCCCCl)CC2)Nc2cccc(F)c21. The first-order valence-corrected chi connectivity index (χ1v) is 9.48. The predicted octanol–water partition coefficient (Wildman–Crippen LogP) is 3.72. The van der Waals surface area contributed by atoms with Crippen LogP contribution < -0.4 is 11.1 Å². The summed E-state index contributed by atoms with van der Waals surface area (Å²) in [6.07, 6.45) is 3.58. The minimum atomic E-state index is -0.595. The molecule has 2 aliphatic heterocycles. The first kappa shape index (κ1) is 21.6. The third-order valence-electron chi connectivity index (χ3n) is 4.82. The molecule has 1 spiro atoms. The molecule has 27 heavy (non-hydrogen) atoms. The summed E-state index contributed by atoms with van der Waals surface area (Å²) in [5, 5.41) is 3.31. The number of carbonyl (C=O) groups excluding carboxylic acids is 1. The van der Waals surface area contributed by atoms with Crippen LogP contribution >= 0.6 is 24.0 Å². The zero-order valence-corrected chi connectivity index (χ0v) is 16.6. The number of amides is 1. The number of aliphatic imine (C=N–C) groups is 1. The Morgan fingerprint density at radius 2 is 2.07 bits per heavy atom. The highest BCUT2D eigenvalue weighted by Gasteiger charge is 2.39. The first-order chi connectivity index (χ1) is 12.5. The molecule has 150 valence electrons. The van der Waals surface area contributed by atoms with Gasteiger partial charge in [-0.3, -0.25) is 0 Å². The molecule has 1 saturated heterocycles. The number of carbonyl (C=O) groups is 1. The van der Waals surface area contributed by atoms with Gasteiger partial charge in [0.05, 0.1) is 12.2 Å². The van der Waals surface area contributed by atoms with Crippen LogP contribution in [0.3, 0.4) is 0 Å². The molecule has 9 heteroatoms. The van der Waals surface area contributed by atoms with E-state index in [0.717, 1.165) is 19.3 Å². The average molecular weight is 419 g/mol. The number of benzene rings is 1. The number of nitrogens with one attached hydrogen (secondary N) is 1. The van der Waals surface area contributed by atoms with Crippen molar-refractivity contribution in [3.8, 4) is 0 Å². The Labute approximate surface area is 169 Å². The Morgan fingerprint density at radius 3 is 2.78 bits per heavy atom. The second-order valence-corrected chi connectivity index (χ2v) is 7.05. The van der Waals surface area contributed by atoms with Gasteiger partial charge in [0.25, 0.3) is 0 Å². The summed E-state index contributed by atoms with van der Waals surface area (Å²) in [7, 11) is 0. The standard InChI is InChI=1S/C18H24ClFN4O2.ClH/c19-9-2-1-3-12-26-17(25)24-10-7-18(8-11-24)22-14-6-4-5-13(20)15(14)16(21)23-18;/h4-6,22H,1-3,7-12H2,(H2,21,23);1H. The molecule has 6 nitrogen and oxygen atoms in total. The van der Waals surface area contributed by atoms with E-state index in [1.165, 1.54) is 6.07 Å². The number of rotatable bonds is 5. The number of alkyl halides is 1. The Hall–Kier alpha value is -1.73. The van der Waals surface area contributed by atoms with Crippen LogP contribution in [0, 0.1) is 5.82 Å². The number of anilines is 1. The van der Waals surface area contributed by atoms with Crippen molar-refractivity contribution in [1.29, 1.82) is 0 Å². The lowest BCUT2D eigenvalue weighted by Crippen LogP contribution is -2.52. The minimum absolute atomic E-state index is 0. The van der Waals surface area contributed by atoms with E-state index in [-0.39, 0.29) is 30.2 Å². The molecule has 1 aromatic carbocycles. The lowest BCUT2D eigenvalue weighted by molar-refractivity contribution is 0.0852. The third-order valence-corrected chi connectivity index (χ3v) is 5.09. The fourth-order valence-electron chi connectivity index (χ4n) is 3.37. The normalized spacial score (nSPS) is 17.4. The van der Waals surface area contributed by atoms with Crippen molar-refractivity contribution in [2.45, 2.75) is 37.8 Å². The molecule has 1 fully saturated rings. The van der Waals surface area contributed by atoms with Gasteiger partial charge in [-0.25, -0.2) is 14.2 Å². The van der Waals surface area contributed by atoms with E-state index in [2.05, 4.69) is 10.3 Å². The van der Waals surface area contributed by atoms with Crippen molar-refractivity contribution in [3.05, 3.63) is 29.6 Å². The van der Waals surface area contributed by atoms with Crippen LogP contribution in [0.25, 0.3) is 0 Å². The van der Waals surface area contributed by atoms with Gasteiger partial charge in [-0.2, -0.15) is 0 Å². The van der Waals surface area contributed by atoms with E-state index in [9.17, 15) is 9.18 Å². The molecular weight excluding hydrogens is 394 g/mol. The van der Waals surface area contributed by atoms with Crippen LogP contribution in [0.1, 0.15) is 37.7 Å². The molecule has 3 N–H and O–H groups in total. The number of hydrogen-bond donors (Lipinski definition) is 2. The number of likely N-dealkylation sites (tertiary alicyclic amines) is 1. The summed E-state index contributed by atoms with van der Waals surface area (Å²) >= 11 is 5.62. The molecule has 2 aliphatic rings. The summed E-state index contributed by atoms with van der Waals surface area (Å²) in [6, 6.07) is 4.81. The smallest absolute Gasteiger partial charge is 0.409 e. The Bertz CT molecular complexity index is 694. The van der Waals surface area contributed by atoms with Gasteiger partial charge >= 0.3 is 6.09 Å². The molecule has 3 rings (SSSR count). The maximum Gasteiger partial charge on any atom is 0.409 e. The van der Waals surface area contributed by atoms with Crippen molar-refractivity contribution in [3.63, 3.8) is 0 Å². The van der Waals surface area contributed by atoms with Gasteiger partial charge in [0.1, 0.15) is 17.3 Å². The van der Waals surface area contributed by atoms with Crippen LogP contribution in [0.5, 0.6) is 0 Å². The lowest BCUT2D eigenvalue weighted by atomic mass is 9.94. The Morgan fingerprint density at radius 1 is 1.33 bits per heavy atom. The zero-order chi connectivity index (χ0) is 18.6. The molecule has 0 radical (unpaired) electrons. The largest absolute Gasteiger partial charge is 0.449 e. The van der Waals surface area contributed by atoms with E-state index >= 15 is 0 Å². The highest BCUT2D eigenvalue weighted by Crippen LogP contribution is 2.35. The van der Waals surface area contributed by atoms with Gasteiger partial charge in [-0.15, -0.1) is 24.0 Å². The number of nitrogens with two attached hydrogens (primary N) is 1. The Kier molecular flexibility index (Phi) is 7.56. The second kappa shape index (κ2) is 9.46. The monoisotopic (exact) mass is 418 g/mol. The second-order valence-electron chi connectivity index (χ2n) is 6.67. The van der Waals surface area contributed by atoms with Crippen LogP contribution in [0.4, 0.5) is 14.9 Å². The van der Waals surface area contributed by atoms with E-state index in [1.807, 2.05) is 0 Å². The van der Waals surface area contributed by atoms with Crippen molar-refractivity contribution >= 4 is 41.6 Å². The molecule has 1 aromatic rings. The molecule has 1 amide bonds. The fourth-order valence-corrected chi connectivity index (χ4v) is 3.56. The lowest BCUT2D eigenvalue weighted by Gasteiger charge is -2.42. The first-order valence-electron chi connectivity index (χ1n) is 8.95. The summed E-state index contributed by atoms with van der Waals surface area (Å²) in [4.78, 5) is 18.4. The minimum Gasteiger partial charge on any atom is -0.449 e. The molecule has 0 aliphatic carbocycles. The number of ether oxygens (including phenoxy) is 1. The van der Waals surface area contributed by atoms with E-state index in [0.29, 0.717) is 49.7 Å². The molecule has 0 aromatic heterocycles. The van der Waals surface area contributed by atoms with Crippen LogP contribution in [-0.2, 0) is 4.74 Å². The number of hydrogen-bond acceptors (Lipinski definition) is 5. The van der Waals surface area contributed by atoms with Crippen molar-refractivity contribution in [2.24, 2.45) is 10.7 Å². The van der Waals surface area contributed by atoms with Crippen molar-refractivity contribution in [1.82, 2.24) is 4.90 Å². The van der Waals surface area contributed by atoms with E-state index in [4.69, 9.17) is 22.1 Å². The predicted molar refractivity (Wildman–Crippen MR) is 107 cm³/mol. The van der Waals surface area contributed by atoms with Gasteiger partial charge in [-0.05, 0) is 31.4 Å². The summed E-state index contributed by atoms with van der Waals surface area (Å²) < 4.78 is 19.3. The molecule has 0 atom stereocenters. The molecule has 0 unspecified atom stereocenters. The molecule has 0 bridgehead atoms. The van der Waals surface area contributed by atoms with Crippen LogP contribution in [-0.4, -0.2) is 48.1 Å². The number of nitrogens with zero attached hydrogens (tertiary/aromatic N) is 2. The van der Waals surface area contributed by atoms with Gasteiger partial charge in [0, 0.05) is 37.5 Å². The number of halogens is 3. The van der Waals surface area contributed by atoms with Gasteiger partial charge in [0.2, 0.25) is 0 Å². The van der Waals surface area contributed by atoms with Crippen molar-refractivity contribution in [2.75, 3.05) is 30.9 Å². The molecular formula is C18H25Cl2FN4O2. The molecule has 2 heterocycles. The van der Waals surface area contributed by atoms with Crippen LogP contribution in [0.15, 0.2) is 23.2 Å². The number of amidine groups is 1. The maximum absolute atomic E-state index is 14.0. The summed E-state index contributed by atoms with van der Waals surface area (Å²) in [5.74, 6) is 0.444. The number of unbranched alkanes of at least 4 members (excludes halogenated alkanes) is 2. The maximum atomic E-state index is 14.0. The van der Waals surface area contributed by atoms with Gasteiger partial charge < -0.3 is 20.7 Å². The zero-order valence-electron chi connectivity index (χ0n) is 15.0. The molecule has 0 saturated carbocycles. The Balaban J connectivity index is 0.00000261. The quantitative estimate of drug-likeness (QED) is 0.563. The fraction of sp³-hybridized carbons (Fsp3) is 0.556. The van der Waals surface area contributed by atoms with Gasteiger partial charge in [0.15, 0.2) is 0 Å². The number of piperidine rings is 1. The van der Waals surface area contributed by atoms with Gasteiger partial charge in [-0.1, -0.05) is 6.07 Å².